The molecule has 1 aromatic heterocycles. The molecule has 142 valence electrons. The van der Waals surface area contributed by atoms with Crippen molar-refractivity contribution >= 4 is 10.0 Å². The van der Waals surface area contributed by atoms with Gasteiger partial charge in [0.2, 0.25) is 10.0 Å². The van der Waals surface area contributed by atoms with Crippen molar-refractivity contribution in [2.45, 2.75) is 19.3 Å². The van der Waals surface area contributed by atoms with E-state index in [1.807, 2.05) is 17.8 Å². The zero-order valence-electron chi connectivity index (χ0n) is 15.9. The van der Waals surface area contributed by atoms with Crippen LogP contribution in [0, 0.1) is 0 Å². The lowest BCUT2D eigenvalue weighted by molar-refractivity contribution is 0.287. The molecule has 0 fully saturated rings. The monoisotopic (exact) mass is 376 g/mol. The number of rotatable bonds is 6. The Hall–Kier alpha value is -1.70. The lowest BCUT2D eigenvalue weighted by atomic mass is 10.0. The Kier molecular flexibility index (Phi) is 5.79. The Balaban J connectivity index is 1.66. The Bertz CT molecular complexity index is 844. The molecule has 0 bridgehead atoms. The highest BCUT2D eigenvalue weighted by Crippen LogP contribution is 2.28. The molecule has 0 amide bonds. The molecule has 0 saturated carbocycles. The molecule has 0 aliphatic carbocycles. The number of sulfonamides is 1. The molecule has 0 N–H and O–H groups in total. The predicted molar refractivity (Wildman–Crippen MR) is 105 cm³/mol. The van der Waals surface area contributed by atoms with Crippen LogP contribution in [0.3, 0.4) is 0 Å². The third-order valence-corrected chi connectivity index (χ3v) is 6.97. The van der Waals surface area contributed by atoms with E-state index in [9.17, 15) is 8.42 Å². The molecule has 1 aliphatic heterocycles. The van der Waals surface area contributed by atoms with E-state index in [0.717, 1.165) is 32.5 Å². The Morgan fingerprint density at radius 3 is 2.50 bits per heavy atom. The molecule has 1 aromatic carbocycles. The average Bonchev–Trinajstić information content (AvgIpc) is 2.80. The van der Waals surface area contributed by atoms with E-state index in [1.165, 1.54) is 26.8 Å². The van der Waals surface area contributed by atoms with Crippen molar-refractivity contribution in [2.24, 2.45) is 7.05 Å². The van der Waals surface area contributed by atoms with Crippen LogP contribution < -0.4 is 0 Å². The second-order valence-corrected chi connectivity index (χ2v) is 9.36. The molecular weight excluding hydrogens is 348 g/mol. The van der Waals surface area contributed by atoms with Crippen LogP contribution in [-0.4, -0.2) is 66.9 Å². The zero-order chi connectivity index (χ0) is 18.7. The van der Waals surface area contributed by atoms with Gasteiger partial charge in [-0.15, -0.1) is 0 Å². The van der Waals surface area contributed by atoms with Gasteiger partial charge in [-0.05, 0) is 19.4 Å². The SMILES string of the molecule is CN(C)S(=O)(=O)CCCN1CCc2nn(C)c(-c3ccccc3)c2CC1. The van der Waals surface area contributed by atoms with Gasteiger partial charge in [0.1, 0.15) is 0 Å². The summed E-state index contributed by atoms with van der Waals surface area (Å²) in [6.45, 7) is 2.69. The fourth-order valence-electron chi connectivity index (χ4n) is 3.57. The van der Waals surface area contributed by atoms with Crippen molar-refractivity contribution < 1.29 is 8.42 Å². The van der Waals surface area contributed by atoms with Gasteiger partial charge < -0.3 is 4.90 Å². The highest BCUT2D eigenvalue weighted by atomic mass is 32.2. The van der Waals surface area contributed by atoms with Gasteiger partial charge in [0.25, 0.3) is 0 Å². The van der Waals surface area contributed by atoms with Crippen LogP contribution in [0.15, 0.2) is 30.3 Å². The predicted octanol–water partition coefficient (Wildman–Crippen LogP) is 1.77. The number of aryl methyl sites for hydroxylation is 1. The maximum Gasteiger partial charge on any atom is 0.213 e. The molecular formula is C19H28N4O2S. The third-order valence-electron chi connectivity index (χ3n) is 5.05. The minimum absolute atomic E-state index is 0.206. The molecule has 0 spiro atoms. The molecule has 3 rings (SSSR count). The summed E-state index contributed by atoms with van der Waals surface area (Å²) in [5.41, 5.74) is 4.92. The van der Waals surface area contributed by atoms with Crippen LogP contribution in [0.25, 0.3) is 11.3 Å². The summed E-state index contributed by atoms with van der Waals surface area (Å²) in [6.07, 6.45) is 2.53. The van der Waals surface area contributed by atoms with Gasteiger partial charge >= 0.3 is 0 Å². The van der Waals surface area contributed by atoms with E-state index in [2.05, 4.69) is 29.2 Å². The summed E-state index contributed by atoms with van der Waals surface area (Å²) < 4.78 is 27.1. The van der Waals surface area contributed by atoms with Crippen molar-refractivity contribution in [3.8, 4) is 11.3 Å². The summed E-state index contributed by atoms with van der Waals surface area (Å²) in [5, 5.41) is 4.75. The second kappa shape index (κ2) is 7.90. The summed E-state index contributed by atoms with van der Waals surface area (Å²) in [6, 6.07) is 10.4. The van der Waals surface area contributed by atoms with E-state index < -0.39 is 10.0 Å². The quantitative estimate of drug-likeness (QED) is 0.771. The molecule has 0 atom stereocenters. The molecule has 26 heavy (non-hydrogen) atoms. The standard InChI is InChI=1S/C19H28N4O2S/c1-21(2)26(24,25)15-7-12-23-13-10-17-18(11-14-23)20-22(3)19(17)16-8-5-4-6-9-16/h4-6,8-9H,7,10-15H2,1-3H3. The molecule has 0 radical (unpaired) electrons. The van der Waals surface area contributed by atoms with E-state index in [1.54, 1.807) is 14.1 Å². The van der Waals surface area contributed by atoms with Crippen molar-refractivity contribution in [3.05, 3.63) is 41.6 Å². The molecule has 2 aromatic rings. The number of fused-ring (bicyclic) bond motifs is 1. The summed E-state index contributed by atoms with van der Waals surface area (Å²) in [4.78, 5) is 2.36. The van der Waals surface area contributed by atoms with Crippen LogP contribution in [0.2, 0.25) is 0 Å². The maximum absolute atomic E-state index is 11.9. The third kappa shape index (κ3) is 4.16. The number of hydrogen-bond acceptors (Lipinski definition) is 4. The Morgan fingerprint density at radius 1 is 1.12 bits per heavy atom. The van der Waals surface area contributed by atoms with Crippen LogP contribution in [0.1, 0.15) is 17.7 Å². The van der Waals surface area contributed by atoms with Gasteiger partial charge in [0, 0.05) is 51.8 Å². The maximum atomic E-state index is 11.9. The normalized spacial score (nSPS) is 15.8. The van der Waals surface area contributed by atoms with Crippen LogP contribution in [0.5, 0.6) is 0 Å². The molecule has 1 aliphatic rings. The van der Waals surface area contributed by atoms with Crippen molar-refractivity contribution in [3.63, 3.8) is 0 Å². The highest BCUT2D eigenvalue weighted by molar-refractivity contribution is 7.89. The largest absolute Gasteiger partial charge is 0.303 e. The van der Waals surface area contributed by atoms with Crippen molar-refractivity contribution in [1.82, 2.24) is 19.0 Å². The zero-order valence-corrected chi connectivity index (χ0v) is 16.7. The van der Waals surface area contributed by atoms with Gasteiger partial charge in [-0.1, -0.05) is 30.3 Å². The van der Waals surface area contributed by atoms with E-state index in [-0.39, 0.29) is 5.75 Å². The molecule has 0 unspecified atom stereocenters. The van der Waals surface area contributed by atoms with E-state index in [0.29, 0.717) is 6.42 Å². The molecule has 2 heterocycles. The minimum atomic E-state index is -3.11. The van der Waals surface area contributed by atoms with Gasteiger partial charge in [-0.3, -0.25) is 4.68 Å². The number of benzene rings is 1. The fraction of sp³-hybridized carbons (Fsp3) is 0.526. The summed E-state index contributed by atoms with van der Waals surface area (Å²) >= 11 is 0. The fourth-order valence-corrected chi connectivity index (χ4v) is 4.43. The van der Waals surface area contributed by atoms with E-state index in [4.69, 9.17) is 5.10 Å². The van der Waals surface area contributed by atoms with Crippen molar-refractivity contribution in [2.75, 3.05) is 39.5 Å². The first-order chi connectivity index (χ1) is 12.4. The summed E-state index contributed by atoms with van der Waals surface area (Å²) in [7, 11) is 2.09. The first kappa shape index (κ1) is 19.1. The Morgan fingerprint density at radius 2 is 1.81 bits per heavy atom. The topological polar surface area (TPSA) is 58.4 Å². The lowest BCUT2D eigenvalue weighted by Gasteiger charge is -2.20. The number of hydrogen-bond donors (Lipinski definition) is 0. The van der Waals surface area contributed by atoms with Crippen LogP contribution in [0.4, 0.5) is 0 Å². The highest BCUT2D eigenvalue weighted by Gasteiger charge is 2.22. The number of nitrogens with zero attached hydrogens (tertiary/aromatic N) is 4. The van der Waals surface area contributed by atoms with Gasteiger partial charge in [-0.25, -0.2) is 12.7 Å². The molecule has 7 heteroatoms. The smallest absolute Gasteiger partial charge is 0.213 e. The van der Waals surface area contributed by atoms with Crippen LogP contribution >= 0.6 is 0 Å². The number of aromatic nitrogens is 2. The lowest BCUT2D eigenvalue weighted by Crippen LogP contribution is -2.31. The van der Waals surface area contributed by atoms with E-state index >= 15 is 0 Å². The van der Waals surface area contributed by atoms with Gasteiger partial charge in [0.05, 0.1) is 17.1 Å². The van der Waals surface area contributed by atoms with Crippen molar-refractivity contribution in [1.29, 1.82) is 0 Å². The first-order valence-corrected chi connectivity index (χ1v) is 10.7. The minimum Gasteiger partial charge on any atom is -0.303 e. The molecule has 6 nitrogen and oxygen atoms in total. The summed E-state index contributed by atoms with van der Waals surface area (Å²) in [5.74, 6) is 0.206. The first-order valence-electron chi connectivity index (χ1n) is 9.11. The Labute approximate surface area is 156 Å². The second-order valence-electron chi connectivity index (χ2n) is 7.06. The van der Waals surface area contributed by atoms with Gasteiger partial charge in [-0.2, -0.15) is 5.10 Å². The average molecular weight is 377 g/mol. The van der Waals surface area contributed by atoms with Gasteiger partial charge in [0.15, 0.2) is 0 Å². The molecule has 0 saturated heterocycles. The van der Waals surface area contributed by atoms with Crippen LogP contribution in [-0.2, 0) is 29.9 Å².